The number of rotatable bonds is 6. The molecule has 2 rings (SSSR count). The molecule has 0 unspecified atom stereocenters. The molecule has 0 aliphatic rings. The number of carbonyl (C=O) groups excluding carboxylic acids is 1. The zero-order valence-electron chi connectivity index (χ0n) is 13.3. The quantitative estimate of drug-likeness (QED) is 0.860. The Balaban J connectivity index is 2.07. The number of benzene rings is 1. The summed E-state index contributed by atoms with van der Waals surface area (Å²) in [5, 5.41) is 6.08. The third-order valence-corrected chi connectivity index (χ3v) is 3.16. The van der Waals surface area contributed by atoms with Crippen LogP contribution in [-0.2, 0) is 6.54 Å². The molecule has 0 fully saturated rings. The average molecular weight is 298 g/mol. The normalized spacial score (nSPS) is 10.3. The van der Waals surface area contributed by atoms with Crippen LogP contribution in [0.4, 0.5) is 5.82 Å². The highest BCUT2D eigenvalue weighted by Gasteiger charge is 2.09. The third kappa shape index (κ3) is 4.55. The van der Waals surface area contributed by atoms with Gasteiger partial charge in [-0.25, -0.2) is 9.97 Å². The van der Waals surface area contributed by atoms with Crippen LogP contribution in [0, 0.1) is 13.8 Å². The molecule has 1 heterocycles. The Hall–Kier alpha value is -2.43. The molecule has 22 heavy (non-hydrogen) atoms. The summed E-state index contributed by atoms with van der Waals surface area (Å²) >= 11 is 0. The highest BCUT2D eigenvalue weighted by molar-refractivity contribution is 5.92. The average Bonchev–Trinajstić information content (AvgIpc) is 2.50. The van der Waals surface area contributed by atoms with Crippen LogP contribution in [0.1, 0.15) is 40.8 Å². The van der Waals surface area contributed by atoms with Crippen molar-refractivity contribution >= 4 is 11.7 Å². The highest BCUT2D eigenvalue weighted by atomic mass is 16.1. The van der Waals surface area contributed by atoms with E-state index in [4.69, 9.17) is 0 Å². The van der Waals surface area contributed by atoms with Crippen molar-refractivity contribution in [1.82, 2.24) is 15.3 Å². The molecule has 5 heteroatoms. The van der Waals surface area contributed by atoms with Gasteiger partial charge in [-0.05, 0) is 25.8 Å². The number of aromatic nitrogens is 2. The van der Waals surface area contributed by atoms with Crippen LogP contribution in [0.15, 0.2) is 30.3 Å². The van der Waals surface area contributed by atoms with E-state index in [2.05, 4.69) is 45.7 Å². The molecule has 0 saturated carbocycles. The van der Waals surface area contributed by atoms with Crippen LogP contribution < -0.4 is 10.6 Å². The van der Waals surface area contributed by atoms with E-state index in [9.17, 15) is 4.79 Å². The van der Waals surface area contributed by atoms with Crippen molar-refractivity contribution < 1.29 is 4.79 Å². The minimum atomic E-state index is -0.161. The Morgan fingerprint density at radius 2 is 2.00 bits per heavy atom. The third-order valence-electron chi connectivity index (χ3n) is 3.16. The maximum absolute atomic E-state index is 12.0. The summed E-state index contributed by atoms with van der Waals surface area (Å²) in [6.07, 6.45) is 0.897. The molecule has 2 aromatic rings. The van der Waals surface area contributed by atoms with Crippen LogP contribution in [0.2, 0.25) is 0 Å². The van der Waals surface area contributed by atoms with E-state index in [0.717, 1.165) is 6.42 Å². The maximum atomic E-state index is 12.0. The second kappa shape index (κ2) is 7.54. The lowest BCUT2D eigenvalue weighted by Gasteiger charge is -2.09. The first kappa shape index (κ1) is 15.9. The zero-order valence-corrected chi connectivity index (χ0v) is 13.3. The monoisotopic (exact) mass is 298 g/mol. The van der Waals surface area contributed by atoms with E-state index >= 15 is 0 Å². The van der Waals surface area contributed by atoms with Gasteiger partial charge < -0.3 is 10.6 Å². The predicted octanol–water partition coefficient (Wildman–Crippen LogP) is 2.85. The Morgan fingerprint density at radius 3 is 2.73 bits per heavy atom. The van der Waals surface area contributed by atoms with Crippen molar-refractivity contribution in [1.29, 1.82) is 0 Å². The number of hydrogen-bond donors (Lipinski definition) is 2. The van der Waals surface area contributed by atoms with Crippen LogP contribution in [0.3, 0.4) is 0 Å². The molecule has 0 aliphatic heterocycles. The first-order valence-electron chi connectivity index (χ1n) is 7.52. The summed E-state index contributed by atoms with van der Waals surface area (Å²) in [6.45, 7) is 7.17. The van der Waals surface area contributed by atoms with E-state index in [0.29, 0.717) is 30.4 Å². The zero-order chi connectivity index (χ0) is 15.9. The van der Waals surface area contributed by atoms with E-state index in [1.54, 1.807) is 13.0 Å². The molecule has 0 spiro atoms. The molecule has 1 amide bonds. The van der Waals surface area contributed by atoms with E-state index in [1.807, 2.05) is 13.0 Å². The van der Waals surface area contributed by atoms with Crippen LogP contribution in [0.5, 0.6) is 0 Å². The molecular weight excluding hydrogens is 276 g/mol. The Morgan fingerprint density at radius 1 is 1.18 bits per heavy atom. The topological polar surface area (TPSA) is 66.9 Å². The van der Waals surface area contributed by atoms with Gasteiger partial charge in [-0.1, -0.05) is 36.8 Å². The number of hydrogen-bond acceptors (Lipinski definition) is 4. The summed E-state index contributed by atoms with van der Waals surface area (Å²) in [6, 6.07) is 9.96. The molecule has 0 saturated heterocycles. The second-order valence-corrected chi connectivity index (χ2v) is 5.28. The van der Waals surface area contributed by atoms with E-state index in [-0.39, 0.29) is 5.91 Å². The summed E-state index contributed by atoms with van der Waals surface area (Å²) in [5.41, 5.74) is 2.79. The van der Waals surface area contributed by atoms with Gasteiger partial charge in [-0.3, -0.25) is 4.79 Å². The SMILES string of the molecule is CCCNC(=O)c1cc(NCc2cccc(C)c2)nc(C)n1. The number of anilines is 1. The van der Waals surface area contributed by atoms with Crippen molar-refractivity contribution in [2.45, 2.75) is 33.7 Å². The molecule has 1 aromatic carbocycles. The predicted molar refractivity (Wildman–Crippen MR) is 87.9 cm³/mol. The number of nitrogens with one attached hydrogen (secondary N) is 2. The first-order chi connectivity index (χ1) is 10.6. The highest BCUT2D eigenvalue weighted by Crippen LogP contribution is 2.10. The van der Waals surface area contributed by atoms with Crippen molar-refractivity contribution in [2.75, 3.05) is 11.9 Å². The molecule has 0 atom stereocenters. The van der Waals surface area contributed by atoms with Gasteiger partial charge >= 0.3 is 0 Å². The first-order valence-corrected chi connectivity index (χ1v) is 7.52. The summed E-state index contributed by atoms with van der Waals surface area (Å²) in [4.78, 5) is 20.5. The lowest BCUT2D eigenvalue weighted by Crippen LogP contribution is -2.25. The fourth-order valence-corrected chi connectivity index (χ4v) is 2.12. The molecule has 1 aromatic heterocycles. The van der Waals surface area contributed by atoms with Crippen molar-refractivity contribution in [3.8, 4) is 0 Å². The molecular formula is C17H22N4O. The van der Waals surface area contributed by atoms with Crippen LogP contribution >= 0.6 is 0 Å². The van der Waals surface area contributed by atoms with Gasteiger partial charge in [0, 0.05) is 19.2 Å². The van der Waals surface area contributed by atoms with Gasteiger partial charge in [-0.2, -0.15) is 0 Å². The van der Waals surface area contributed by atoms with Gasteiger partial charge in [0.05, 0.1) is 0 Å². The summed E-state index contributed by atoms with van der Waals surface area (Å²) < 4.78 is 0. The molecule has 116 valence electrons. The van der Waals surface area contributed by atoms with Gasteiger partial charge in [0.25, 0.3) is 5.91 Å². The van der Waals surface area contributed by atoms with Crippen LogP contribution in [0.25, 0.3) is 0 Å². The molecule has 0 bridgehead atoms. The Labute approximate surface area is 131 Å². The van der Waals surface area contributed by atoms with E-state index in [1.165, 1.54) is 11.1 Å². The minimum absolute atomic E-state index is 0.161. The lowest BCUT2D eigenvalue weighted by molar-refractivity contribution is 0.0948. The van der Waals surface area contributed by atoms with Gasteiger partial charge in [0.15, 0.2) is 0 Å². The van der Waals surface area contributed by atoms with Crippen LogP contribution in [-0.4, -0.2) is 22.4 Å². The number of amides is 1. The molecule has 2 N–H and O–H groups in total. The van der Waals surface area contributed by atoms with Crippen molar-refractivity contribution in [2.24, 2.45) is 0 Å². The van der Waals surface area contributed by atoms with Crippen molar-refractivity contribution in [3.05, 3.63) is 53.0 Å². The molecule has 5 nitrogen and oxygen atoms in total. The molecule has 0 radical (unpaired) electrons. The molecule has 0 aliphatic carbocycles. The Bertz CT molecular complexity index is 655. The van der Waals surface area contributed by atoms with Gasteiger partial charge in [0.1, 0.15) is 17.3 Å². The summed E-state index contributed by atoms with van der Waals surface area (Å²) in [5.74, 6) is 1.08. The minimum Gasteiger partial charge on any atom is -0.366 e. The maximum Gasteiger partial charge on any atom is 0.270 e. The Kier molecular flexibility index (Phi) is 5.47. The smallest absolute Gasteiger partial charge is 0.270 e. The van der Waals surface area contributed by atoms with E-state index < -0.39 is 0 Å². The van der Waals surface area contributed by atoms with Gasteiger partial charge in [0.2, 0.25) is 0 Å². The number of nitrogens with zero attached hydrogens (tertiary/aromatic N) is 2. The largest absolute Gasteiger partial charge is 0.366 e. The summed E-state index contributed by atoms with van der Waals surface area (Å²) in [7, 11) is 0. The fraction of sp³-hybridized carbons (Fsp3) is 0.353. The number of aryl methyl sites for hydroxylation is 2. The number of carbonyl (C=O) groups is 1. The van der Waals surface area contributed by atoms with Gasteiger partial charge in [-0.15, -0.1) is 0 Å². The lowest BCUT2D eigenvalue weighted by atomic mass is 10.1. The fourth-order valence-electron chi connectivity index (χ4n) is 2.12. The second-order valence-electron chi connectivity index (χ2n) is 5.28. The standard InChI is InChI=1S/C17H22N4O/c1-4-8-18-17(22)15-10-16(21-13(3)20-15)19-11-14-7-5-6-12(2)9-14/h5-7,9-10H,4,8,11H2,1-3H3,(H,18,22)(H,19,20,21). The van der Waals surface area contributed by atoms with Crippen molar-refractivity contribution in [3.63, 3.8) is 0 Å².